The Kier molecular flexibility index (Phi) is 5.59. The Balaban J connectivity index is 2.14. The highest BCUT2D eigenvalue weighted by Gasteiger charge is 2.57. The van der Waals surface area contributed by atoms with Gasteiger partial charge in [0.15, 0.2) is 0 Å². The number of amides is 2. The number of carbonyl (C=O) groups excluding carboxylic acids is 2. The summed E-state index contributed by atoms with van der Waals surface area (Å²) in [6.07, 6.45) is 1.68. The maximum absolute atomic E-state index is 12.3. The van der Waals surface area contributed by atoms with E-state index in [0.29, 0.717) is 4.91 Å². The highest BCUT2D eigenvalue weighted by molar-refractivity contribution is 8.05. The molecule has 2 aliphatic rings. The van der Waals surface area contributed by atoms with Crippen LogP contribution in [0.1, 0.15) is 20.3 Å². The van der Waals surface area contributed by atoms with E-state index in [0.717, 1.165) is 18.0 Å². The van der Waals surface area contributed by atoms with E-state index in [9.17, 15) is 27.9 Å². The van der Waals surface area contributed by atoms with Crippen molar-refractivity contribution in [1.82, 2.24) is 10.2 Å². The summed E-state index contributed by atoms with van der Waals surface area (Å²) in [5.41, 5.74) is -0.115. The summed E-state index contributed by atoms with van der Waals surface area (Å²) in [6.45, 7) is 2.81. The quantitative estimate of drug-likeness (QED) is 0.466. The third kappa shape index (κ3) is 4.22. The molecule has 2 N–H and O–H groups in total. The first-order chi connectivity index (χ1) is 11.5. The molecule has 0 aromatic rings. The third-order valence-corrected chi connectivity index (χ3v) is 5.34. The summed E-state index contributed by atoms with van der Waals surface area (Å²) < 4.78 is 27.4. The number of carbonyl (C=O) groups is 3. The molecule has 2 aliphatic heterocycles. The molecule has 0 aliphatic carbocycles. The van der Waals surface area contributed by atoms with Crippen molar-refractivity contribution in [1.29, 1.82) is 0 Å². The van der Waals surface area contributed by atoms with Gasteiger partial charge in [0.1, 0.15) is 5.70 Å². The monoisotopic (exact) mass is 390 g/mol. The molecule has 25 heavy (non-hydrogen) atoms. The minimum atomic E-state index is -3.72. The number of fused-ring (bicyclic) bond motifs is 1. The first-order valence-electron chi connectivity index (χ1n) is 7.29. The Bertz CT molecular complexity index is 772. The summed E-state index contributed by atoms with van der Waals surface area (Å²) in [5, 5.41) is 13.3. The van der Waals surface area contributed by atoms with Gasteiger partial charge in [-0.3, -0.25) is 13.8 Å². The van der Waals surface area contributed by atoms with E-state index in [2.05, 4.69) is 5.32 Å². The fourth-order valence-electron chi connectivity index (χ4n) is 2.93. The molecule has 0 spiro atoms. The highest BCUT2D eigenvalue weighted by atomic mass is 32.2. The number of nitrogens with one attached hydrogen (secondary N) is 1. The number of thioether (sulfide) groups is 1. The van der Waals surface area contributed by atoms with Crippen molar-refractivity contribution < 1.29 is 32.1 Å². The predicted molar refractivity (Wildman–Crippen MR) is 89.3 cm³/mol. The van der Waals surface area contributed by atoms with Gasteiger partial charge in [0, 0.05) is 24.4 Å². The molecule has 11 heteroatoms. The third-order valence-electron chi connectivity index (χ3n) is 3.77. The molecule has 1 saturated heterocycles. The van der Waals surface area contributed by atoms with Crippen molar-refractivity contribution in [3.8, 4) is 0 Å². The normalized spacial score (nSPS) is 24.3. The zero-order valence-electron chi connectivity index (χ0n) is 13.8. The van der Waals surface area contributed by atoms with Crippen molar-refractivity contribution >= 4 is 39.7 Å². The van der Waals surface area contributed by atoms with Gasteiger partial charge in [-0.2, -0.15) is 8.42 Å². The summed E-state index contributed by atoms with van der Waals surface area (Å²) in [6, 6.07) is -0.452. The van der Waals surface area contributed by atoms with Gasteiger partial charge >= 0.3 is 5.97 Å². The molecule has 0 radical (unpaired) electrons. The summed E-state index contributed by atoms with van der Waals surface area (Å²) in [4.78, 5) is 36.3. The molecule has 3 atom stereocenters. The van der Waals surface area contributed by atoms with Gasteiger partial charge in [-0.15, -0.1) is 0 Å². The van der Waals surface area contributed by atoms with E-state index in [4.69, 9.17) is 4.18 Å². The molecule has 2 rings (SSSR count). The Labute approximate surface area is 149 Å². The molecule has 0 unspecified atom stereocenters. The second kappa shape index (κ2) is 7.18. The molecule has 0 aromatic carbocycles. The Morgan fingerprint density at radius 1 is 1.48 bits per heavy atom. The fourth-order valence-corrected chi connectivity index (χ4v) is 4.46. The standard InChI is InChI=1S/C14H18N2O7S2/c1-7(23-25(3,21)22)11-9-6-10(24-5-4-15-8(2)17)12(14(19)20)16(9)13(11)18/h4-5,7,9,11H,6H2,1-3H3,(H,15,17)(H,19,20)/t7-,9+,11-/m0/s1. The first kappa shape index (κ1) is 19.5. The van der Waals surface area contributed by atoms with Crippen LogP contribution in [0.2, 0.25) is 0 Å². The average Bonchev–Trinajstić information content (AvgIpc) is 2.76. The van der Waals surface area contributed by atoms with Crippen LogP contribution in [0.25, 0.3) is 0 Å². The Morgan fingerprint density at radius 2 is 2.12 bits per heavy atom. The number of hydrogen-bond acceptors (Lipinski definition) is 7. The van der Waals surface area contributed by atoms with E-state index in [-0.39, 0.29) is 18.0 Å². The average molecular weight is 390 g/mol. The number of aliphatic carboxylic acids is 1. The number of rotatable bonds is 7. The van der Waals surface area contributed by atoms with Crippen LogP contribution in [0.5, 0.6) is 0 Å². The predicted octanol–water partition coefficient (Wildman–Crippen LogP) is 0.219. The fraction of sp³-hybridized carbons (Fsp3) is 0.500. The van der Waals surface area contributed by atoms with Gasteiger partial charge in [-0.1, -0.05) is 11.8 Å². The van der Waals surface area contributed by atoms with E-state index < -0.39 is 40.1 Å². The highest BCUT2D eigenvalue weighted by Crippen LogP contribution is 2.47. The lowest BCUT2D eigenvalue weighted by atomic mass is 9.83. The second-order valence-electron chi connectivity index (χ2n) is 5.71. The lowest BCUT2D eigenvalue weighted by Crippen LogP contribution is -2.62. The molecule has 2 amide bonds. The van der Waals surface area contributed by atoms with Crippen LogP contribution < -0.4 is 5.32 Å². The molecule has 1 fully saturated rings. The second-order valence-corrected chi connectivity index (χ2v) is 8.31. The molecule has 0 saturated carbocycles. The van der Waals surface area contributed by atoms with Crippen LogP contribution in [0.4, 0.5) is 0 Å². The minimum absolute atomic E-state index is 0.115. The molecule has 9 nitrogen and oxygen atoms in total. The topological polar surface area (TPSA) is 130 Å². The molecule has 0 bridgehead atoms. The minimum Gasteiger partial charge on any atom is -0.477 e. The number of carboxylic acids is 1. The van der Waals surface area contributed by atoms with Gasteiger partial charge in [-0.05, 0) is 12.3 Å². The van der Waals surface area contributed by atoms with Crippen LogP contribution in [-0.4, -0.2) is 54.6 Å². The van der Waals surface area contributed by atoms with Crippen molar-refractivity contribution in [2.24, 2.45) is 5.92 Å². The van der Waals surface area contributed by atoms with Crippen LogP contribution in [0.3, 0.4) is 0 Å². The lowest BCUT2D eigenvalue weighted by Gasteiger charge is -2.45. The molecule has 2 heterocycles. The van der Waals surface area contributed by atoms with Crippen molar-refractivity contribution in [2.45, 2.75) is 32.4 Å². The SMILES string of the molecule is CC(=O)NC=CSC1=C(C(=O)O)N2C(=O)[C@@H]([C@H](C)OS(C)(=O)=O)[C@H]2C1. The molecular weight excluding hydrogens is 372 g/mol. The van der Waals surface area contributed by atoms with Gasteiger partial charge in [0.2, 0.25) is 11.8 Å². The number of hydrogen-bond donors (Lipinski definition) is 2. The summed E-state index contributed by atoms with van der Waals surface area (Å²) >= 11 is 1.09. The van der Waals surface area contributed by atoms with E-state index in [1.165, 1.54) is 30.4 Å². The Hall–Kier alpha value is -1.85. The Morgan fingerprint density at radius 3 is 2.64 bits per heavy atom. The number of nitrogens with zero attached hydrogens (tertiary/aromatic N) is 1. The van der Waals surface area contributed by atoms with E-state index >= 15 is 0 Å². The first-order valence-corrected chi connectivity index (χ1v) is 9.99. The van der Waals surface area contributed by atoms with Crippen molar-refractivity contribution in [3.05, 3.63) is 22.2 Å². The molecular formula is C14H18N2O7S2. The van der Waals surface area contributed by atoms with Crippen molar-refractivity contribution in [3.63, 3.8) is 0 Å². The zero-order valence-corrected chi connectivity index (χ0v) is 15.4. The maximum atomic E-state index is 12.3. The number of β-lactam (4-membered cyclic amide) rings is 1. The summed E-state index contributed by atoms with van der Waals surface area (Å²) in [5.74, 6) is -2.69. The van der Waals surface area contributed by atoms with Crippen LogP contribution >= 0.6 is 11.8 Å². The van der Waals surface area contributed by atoms with E-state index in [1.807, 2.05) is 0 Å². The zero-order chi connectivity index (χ0) is 18.9. The van der Waals surface area contributed by atoms with Gasteiger partial charge in [0.25, 0.3) is 10.1 Å². The van der Waals surface area contributed by atoms with Gasteiger partial charge < -0.3 is 15.3 Å². The summed E-state index contributed by atoms with van der Waals surface area (Å²) in [7, 11) is -3.72. The smallest absolute Gasteiger partial charge is 0.353 e. The van der Waals surface area contributed by atoms with Crippen molar-refractivity contribution in [2.75, 3.05) is 6.26 Å². The molecule has 0 aromatic heterocycles. The number of carboxylic acid groups (broad SMARTS) is 1. The lowest BCUT2D eigenvalue weighted by molar-refractivity contribution is -0.159. The maximum Gasteiger partial charge on any atom is 0.353 e. The van der Waals surface area contributed by atoms with E-state index in [1.54, 1.807) is 0 Å². The van der Waals surface area contributed by atoms with Crippen LogP contribution in [-0.2, 0) is 28.7 Å². The van der Waals surface area contributed by atoms with Gasteiger partial charge in [-0.25, -0.2) is 4.79 Å². The molecule has 138 valence electrons. The van der Waals surface area contributed by atoms with Crippen LogP contribution in [0.15, 0.2) is 22.2 Å². The van der Waals surface area contributed by atoms with Gasteiger partial charge in [0.05, 0.1) is 24.3 Å². The van der Waals surface area contributed by atoms with Crippen LogP contribution in [0, 0.1) is 5.92 Å². The largest absolute Gasteiger partial charge is 0.477 e.